The summed E-state index contributed by atoms with van der Waals surface area (Å²) in [5.41, 5.74) is 4.72. The second kappa shape index (κ2) is 7.44. The Morgan fingerprint density at radius 2 is 1.90 bits per heavy atom. The summed E-state index contributed by atoms with van der Waals surface area (Å²) in [4.78, 5) is 11.8. The van der Waals surface area contributed by atoms with Gasteiger partial charge in [0.2, 0.25) is 0 Å². The number of urea groups is 1. The summed E-state index contributed by atoms with van der Waals surface area (Å²) in [5.74, 6) is 0. The predicted molar refractivity (Wildman–Crippen MR) is 81.9 cm³/mol. The van der Waals surface area contributed by atoms with E-state index in [1.807, 2.05) is 19.1 Å². The molecule has 0 radical (unpaired) electrons. The molecular formula is C16H20N4O. The van der Waals surface area contributed by atoms with E-state index in [0.29, 0.717) is 11.3 Å². The highest BCUT2D eigenvalue weighted by atomic mass is 16.2. The van der Waals surface area contributed by atoms with Gasteiger partial charge in [0.1, 0.15) is 0 Å². The lowest BCUT2D eigenvalue weighted by molar-refractivity contribution is 0.233. The van der Waals surface area contributed by atoms with Crippen molar-refractivity contribution in [2.24, 2.45) is 5.10 Å². The van der Waals surface area contributed by atoms with Crippen LogP contribution in [0.15, 0.2) is 29.4 Å². The molecule has 1 aromatic rings. The van der Waals surface area contributed by atoms with Gasteiger partial charge in [-0.05, 0) is 37.5 Å². The van der Waals surface area contributed by atoms with Crippen molar-refractivity contribution in [3.8, 4) is 6.07 Å². The smallest absolute Gasteiger partial charge is 0.334 e. The third-order valence-electron chi connectivity index (χ3n) is 3.70. The lowest BCUT2D eigenvalue weighted by Crippen LogP contribution is -2.41. The number of nitrogens with one attached hydrogen (secondary N) is 2. The second-order valence-electron chi connectivity index (χ2n) is 5.31. The van der Waals surface area contributed by atoms with E-state index in [2.05, 4.69) is 21.9 Å². The van der Waals surface area contributed by atoms with E-state index in [1.54, 1.807) is 12.1 Å². The molecule has 21 heavy (non-hydrogen) atoms. The van der Waals surface area contributed by atoms with Gasteiger partial charge < -0.3 is 5.32 Å². The number of hydrogen-bond donors (Lipinski definition) is 2. The number of benzene rings is 1. The molecule has 0 aromatic heterocycles. The van der Waals surface area contributed by atoms with Crippen LogP contribution < -0.4 is 10.7 Å². The number of hydrogen-bond acceptors (Lipinski definition) is 3. The Morgan fingerprint density at radius 3 is 2.52 bits per heavy atom. The van der Waals surface area contributed by atoms with Gasteiger partial charge in [0.25, 0.3) is 0 Å². The van der Waals surface area contributed by atoms with Crippen LogP contribution in [0.2, 0.25) is 0 Å². The van der Waals surface area contributed by atoms with Crippen molar-refractivity contribution >= 4 is 11.7 Å². The van der Waals surface area contributed by atoms with Crippen LogP contribution in [0.4, 0.5) is 4.79 Å². The van der Waals surface area contributed by atoms with Crippen LogP contribution in [-0.4, -0.2) is 17.8 Å². The Hall–Kier alpha value is -2.35. The highest BCUT2D eigenvalue weighted by Crippen LogP contribution is 2.17. The molecule has 2 amide bonds. The third kappa shape index (κ3) is 4.60. The maximum absolute atomic E-state index is 11.8. The minimum atomic E-state index is -0.255. The monoisotopic (exact) mass is 284 g/mol. The topological polar surface area (TPSA) is 77.3 Å². The number of rotatable bonds is 3. The van der Waals surface area contributed by atoms with Crippen LogP contribution in [-0.2, 0) is 0 Å². The zero-order valence-electron chi connectivity index (χ0n) is 12.2. The fraction of sp³-hybridized carbons (Fsp3) is 0.438. The average molecular weight is 284 g/mol. The van der Waals surface area contributed by atoms with E-state index in [-0.39, 0.29) is 12.1 Å². The van der Waals surface area contributed by atoms with E-state index in [0.717, 1.165) is 18.4 Å². The van der Waals surface area contributed by atoms with Crippen molar-refractivity contribution in [3.05, 3.63) is 35.4 Å². The van der Waals surface area contributed by atoms with Gasteiger partial charge in [-0.2, -0.15) is 10.4 Å². The highest BCUT2D eigenvalue weighted by molar-refractivity contribution is 5.99. The van der Waals surface area contributed by atoms with E-state index >= 15 is 0 Å². The normalized spacial score (nSPS) is 16.1. The number of hydrazone groups is 1. The summed E-state index contributed by atoms with van der Waals surface area (Å²) in [6, 6.07) is 9.18. The van der Waals surface area contributed by atoms with Gasteiger partial charge >= 0.3 is 6.03 Å². The first-order valence-corrected chi connectivity index (χ1v) is 7.30. The molecule has 2 rings (SSSR count). The standard InChI is InChI=1S/C16H20N4O/c1-12(14-9-7-13(11-17)8-10-14)19-20-16(21)18-15-5-3-2-4-6-15/h7-10,15H,2-6H2,1H3,(H2,18,20,21)/b19-12-. The maximum atomic E-state index is 11.8. The molecule has 0 spiro atoms. The van der Waals surface area contributed by atoms with Gasteiger partial charge in [-0.3, -0.25) is 0 Å². The molecule has 1 aliphatic carbocycles. The van der Waals surface area contributed by atoms with Gasteiger partial charge in [-0.15, -0.1) is 0 Å². The second-order valence-corrected chi connectivity index (χ2v) is 5.31. The first-order valence-electron chi connectivity index (χ1n) is 7.30. The molecule has 1 aliphatic rings. The number of amides is 2. The molecular weight excluding hydrogens is 264 g/mol. The van der Waals surface area contributed by atoms with Gasteiger partial charge in [-0.25, -0.2) is 10.2 Å². The van der Waals surface area contributed by atoms with Crippen LogP contribution in [0, 0.1) is 11.3 Å². The number of carbonyl (C=O) groups excluding carboxylic acids is 1. The summed E-state index contributed by atoms with van der Waals surface area (Å²) in [7, 11) is 0. The van der Waals surface area contributed by atoms with Crippen molar-refractivity contribution in [3.63, 3.8) is 0 Å². The highest BCUT2D eigenvalue weighted by Gasteiger charge is 2.15. The van der Waals surface area contributed by atoms with E-state index in [9.17, 15) is 4.79 Å². The summed E-state index contributed by atoms with van der Waals surface area (Å²) in [5, 5.41) is 15.8. The van der Waals surface area contributed by atoms with Crippen LogP contribution in [0.5, 0.6) is 0 Å². The Morgan fingerprint density at radius 1 is 1.24 bits per heavy atom. The Balaban J connectivity index is 1.86. The number of nitriles is 1. The number of carbonyl (C=O) groups is 1. The first-order chi connectivity index (χ1) is 10.2. The van der Waals surface area contributed by atoms with Gasteiger partial charge in [0.05, 0.1) is 17.3 Å². The average Bonchev–Trinajstić information content (AvgIpc) is 2.53. The fourth-order valence-corrected chi connectivity index (χ4v) is 2.45. The van der Waals surface area contributed by atoms with Crippen molar-refractivity contribution in [2.75, 3.05) is 0 Å². The van der Waals surface area contributed by atoms with Crippen LogP contribution >= 0.6 is 0 Å². The molecule has 1 aromatic carbocycles. The molecule has 1 saturated carbocycles. The van der Waals surface area contributed by atoms with Crippen LogP contribution in [0.1, 0.15) is 50.2 Å². The molecule has 0 saturated heterocycles. The predicted octanol–water partition coefficient (Wildman–Crippen LogP) is 2.91. The molecule has 5 nitrogen and oxygen atoms in total. The van der Waals surface area contributed by atoms with Crippen molar-refractivity contribution < 1.29 is 4.79 Å². The third-order valence-corrected chi connectivity index (χ3v) is 3.70. The molecule has 0 aliphatic heterocycles. The molecule has 0 bridgehead atoms. The lowest BCUT2D eigenvalue weighted by Gasteiger charge is -2.22. The number of nitrogens with zero attached hydrogens (tertiary/aromatic N) is 2. The maximum Gasteiger partial charge on any atom is 0.335 e. The Labute approximate surface area is 125 Å². The first kappa shape index (κ1) is 15.0. The quantitative estimate of drug-likeness (QED) is 0.661. The molecule has 0 unspecified atom stereocenters. The minimum Gasteiger partial charge on any atom is -0.334 e. The van der Waals surface area contributed by atoms with Crippen molar-refractivity contribution in [2.45, 2.75) is 45.1 Å². The summed E-state index contributed by atoms with van der Waals surface area (Å²) < 4.78 is 0. The van der Waals surface area contributed by atoms with Crippen LogP contribution in [0.3, 0.4) is 0 Å². The minimum absolute atomic E-state index is 0.255. The van der Waals surface area contributed by atoms with E-state index < -0.39 is 0 Å². The molecule has 1 fully saturated rings. The van der Waals surface area contributed by atoms with Gasteiger partial charge in [0, 0.05) is 6.04 Å². The molecule has 0 heterocycles. The fourth-order valence-electron chi connectivity index (χ4n) is 2.45. The summed E-state index contributed by atoms with van der Waals surface area (Å²) >= 11 is 0. The van der Waals surface area contributed by atoms with E-state index in [4.69, 9.17) is 5.26 Å². The summed E-state index contributed by atoms with van der Waals surface area (Å²) in [6.07, 6.45) is 5.71. The van der Waals surface area contributed by atoms with Crippen molar-refractivity contribution in [1.29, 1.82) is 5.26 Å². The van der Waals surface area contributed by atoms with Gasteiger partial charge in [0.15, 0.2) is 0 Å². The Bertz CT molecular complexity index is 551. The SMILES string of the molecule is C/C(=N/NC(=O)NC1CCCCC1)c1ccc(C#N)cc1. The molecule has 5 heteroatoms. The molecule has 110 valence electrons. The Kier molecular flexibility index (Phi) is 5.33. The molecule has 0 atom stereocenters. The van der Waals surface area contributed by atoms with Crippen molar-refractivity contribution in [1.82, 2.24) is 10.7 Å². The van der Waals surface area contributed by atoms with Crippen LogP contribution in [0.25, 0.3) is 0 Å². The largest absolute Gasteiger partial charge is 0.335 e. The lowest BCUT2D eigenvalue weighted by atomic mass is 9.96. The molecule has 2 N–H and O–H groups in total. The summed E-state index contributed by atoms with van der Waals surface area (Å²) in [6.45, 7) is 1.82. The van der Waals surface area contributed by atoms with Gasteiger partial charge in [-0.1, -0.05) is 31.4 Å². The van der Waals surface area contributed by atoms with E-state index in [1.165, 1.54) is 19.3 Å². The zero-order chi connectivity index (χ0) is 15.1. The zero-order valence-corrected chi connectivity index (χ0v) is 12.2.